The molecule has 4 aliphatic carbocycles. The predicted octanol–water partition coefficient (Wildman–Crippen LogP) is 8.93. The van der Waals surface area contributed by atoms with Crippen LogP contribution in [0.4, 0.5) is 0 Å². The highest BCUT2D eigenvalue weighted by atomic mass is 16.1. The summed E-state index contributed by atoms with van der Waals surface area (Å²) in [5.41, 5.74) is 5.94. The number of carbonyl (C=O) groups excluding carboxylic acids is 1. The zero-order chi connectivity index (χ0) is 23.7. The second kappa shape index (κ2) is 7.84. The van der Waals surface area contributed by atoms with Gasteiger partial charge in [0.05, 0.1) is 0 Å². The van der Waals surface area contributed by atoms with E-state index in [4.69, 9.17) is 0 Å². The van der Waals surface area contributed by atoms with E-state index in [-0.39, 0.29) is 10.8 Å². The van der Waals surface area contributed by atoms with Crippen LogP contribution in [0.1, 0.15) is 120 Å². The molecular weight excluding hydrogens is 388 g/mol. The van der Waals surface area contributed by atoms with Crippen LogP contribution in [0.5, 0.6) is 0 Å². The SMILES string of the molecule is C=C(CC[C@@H](C)[C@H]1CC[C@@]2(C)C3=C(CC[C@]12C)[C@@]1(C)CCC(=O)C(C)(C)C1CC3)C(C)C. The van der Waals surface area contributed by atoms with E-state index in [9.17, 15) is 4.79 Å². The molecule has 32 heavy (non-hydrogen) atoms. The van der Waals surface area contributed by atoms with Crippen molar-refractivity contribution in [3.63, 3.8) is 0 Å². The molecule has 0 N–H and O–H groups in total. The Bertz CT molecular complexity index is 827. The lowest BCUT2D eigenvalue weighted by Crippen LogP contribution is -2.53. The largest absolute Gasteiger partial charge is 0.299 e. The van der Waals surface area contributed by atoms with Gasteiger partial charge in [0.2, 0.25) is 0 Å². The van der Waals surface area contributed by atoms with Crippen LogP contribution in [0.3, 0.4) is 0 Å². The lowest BCUT2D eigenvalue weighted by atomic mass is 9.43. The summed E-state index contributed by atoms with van der Waals surface area (Å²) >= 11 is 0. The highest BCUT2D eigenvalue weighted by Gasteiger charge is 2.63. The number of carbonyl (C=O) groups is 1. The average Bonchev–Trinajstić information content (AvgIpc) is 3.00. The van der Waals surface area contributed by atoms with Gasteiger partial charge in [0.15, 0.2) is 0 Å². The van der Waals surface area contributed by atoms with Gasteiger partial charge in [-0.2, -0.15) is 0 Å². The molecule has 0 aliphatic heterocycles. The first-order valence-corrected chi connectivity index (χ1v) is 13.7. The first kappa shape index (κ1) is 24.3. The standard InChI is InChI=1S/C31H50O/c1-20(2)21(3)10-11-22(4)23-14-18-31(9)25-12-13-26-28(5,6)27(32)16-17-29(26,7)24(25)15-19-30(23,31)8/h20,22-23,26H,3,10-19H2,1-2,4-9H3/t22-,23-,26?,29-,30-,31+/m1/s1. The molecule has 1 heteroatoms. The van der Waals surface area contributed by atoms with Crippen molar-refractivity contribution < 1.29 is 4.79 Å². The number of ketones is 1. The van der Waals surface area contributed by atoms with Crippen LogP contribution in [-0.4, -0.2) is 5.78 Å². The maximum Gasteiger partial charge on any atom is 0.138 e. The van der Waals surface area contributed by atoms with Crippen molar-refractivity contribution in [1.82, 2.24) is 0 Å². The van der Waals surface area contributed by atoms with Gasteiger partial charge in [0.1, 0.15) is 5.78 Å². The van der Waals surface area contributed by atoms with Crippen molar-refractivity contribution in [2.45, 2.75) is 120 Å². The number of fused-ring (bicyclic) bond motifs is 4. The quantitative estimate of drug-likeness (QED) is 0.391. The van der Waals surface area contributed by atoms with Crippen LogP contribution < -0.4 is 0 Å². The summed E-state index contributed by atoms with van der Waals surface area (Å²) in [6.45, 7) is 23.8. The summed E-state index contributed by atoms with van der Waals surface area (Å²) in [5, 5.41) is 0. The Hall–Kier alpha value is -0.850. The molecule has 0 heterocycles. The molecule has 0 amide bonds. The van der Waals surface area contributed by atoms with Crippen molar-refractivity contribution in [1.29, 1.82) is 0 Å². The Kier molecular flexibility index (Phi) is 5.95. The molecule has 180 valence electrons. The first-order chi connectivity index (χ1) is 14.8. The molecule has 0 bridgehead atoms. The topological polar surface area (TPSA) is 17.1 Å². The zero-order valence-electron chi connectivity index (χ0n) is 22.5. The molecule has 4 aliphatic rings. The van der Waals surface area contributed by atoms with Crippen LogP contribution in [0, 0.1) is 45.3 Å². The minimum absolute atomic E-state index is 0.154. The Morgan fingerprint density at radius 3 is 2.28 bits per heavy atom. The third-order valence-corrected chi connectivity index (χ3v) is 12.0. The van der Waals surface area contributed by atoms with Crippen LogP contribution in [0.2, 0.25) is 0 Å². The maximum absolute atomic E-state index is 12.8. The van der Waals surface area contributed by atoms with Crippen molar-refractivity contribution in [2.75, 3.05) is 0 Å². The highest BCUT2D eigenvalue weighted by molar-refractivity contribution is 5.85. The predicted molar refractivity (Wildman–Crippen MR) is 136 cm³/mol. The van der Waals surface area contributed by atoms with E-state index in [1.807, 2.05) is 5.57 Å². The monoisotopic (exact) mass is 438 g/mol. The van der Waals surface area contributed by atoms with Gasteiger partial charge < -0.3 is 0 Å². The maximum atomic E-state index is 12.8. The van der Waals surface area contributed by atoms with Crippen LogP contribution >= 0.6 is 0 Å². The lowest BCUT2D eigenvalue weighted by Gasteiger charge is -2.61. The van der Waals surface area contributed by atoms with E-state index in [2.05, 4.69) is 62.0 Å². The second-order valence-corrected chi connectivity index (χ2v) is 13.8. The highest BCUT2D eigenvalue weighted by Crippen LogP contribution is 2.72. The molecular formula is C31H50O. The molecule has 4 rings (SSSR count). The zero-order valence-corrected chi connectivity index (χ0v) is 22.5. The Balaban J connectivity index is 1.63. The second-order valence-electron chi connectivity index (χ2n) is 13.8. The van der Waals surface area contributed by atoms with Gasteiger partial charge in [-0.05, 0) is 97.7 Å². The van der Waals surface area contributed by atoms with Gasteiger partial charge in [-0.3, -0.25) is 4.79 Å². The molecule has 2 fully saturated rings. The molecule has 0 saturated heterocycles. The van der Waals surface area contributed by atoms with Gasteiger partial charge in [-0.15, -0.1) is 0 Å². The number of hydrogen-bond donors (Lipinski definition) is 0. The third-order valence-electron chi connectivity index (χ3n) is 12.0. The average molecular weight is 439 g/mol. The van der Waals surface area contributed by atoms with Gasteiger partial charge in [-0.25, -0.2) is 0 Å². The lowest BCUT2D eigenvalue weighted by molar-refractivity contribution is -0.139. The number of allylic oxidation sites excluding steroid dienone is 3. The number of hydrogen-bond acceptors (Lipinski definition) is 1. The van der Waals surface area contributed by atoms with Crippen molar-refractivity contribution in [2.24, 2.45) is 45.3 Å². The van der Waals surface area contributed by atoms with E-state index >= 15 is 0 Å². The summed E-state index contributed by atoms with van der Waals surface area (Å²) in [4.78, 5) is 12.8. The minimum Gasteiger partial charge on any atom is -0.299 e. The molecule has 0 radical (unpaired) electrons. The van der Waals surface area contributed by atoms with Gasteiger partial charge >= 0.3 is 0 Å². The molecule has 0 aromatic rings. The molecule has 0 spiro atoms. The van der Waals surface area contributed by atoms with E-state index in [0.717, 1.165) is 24.7 Å². The Morgan fingerprint density at radius 1 is 0.938 bits per heavy atom. The summed E-state index contributed by atoms with van der Waals surface area (Å²) in [7, 11) is 0. The van der Waals surface area contributed by atoms with Gasteiger partial charge in [-0.1, -0.05) is 78.7 Å². The third kappa shape index (κ3) is 3.26. The van der Waals surface area contributed by atoms with Crippen LogP contribution in [-0.2, 0) is 4.79 Å². The number of rotatable bonds is 5. The molecule has 1 unspecified atom stereocenters. The summed E-state index contributed by atoms with van der Waals surface area (Å²) < 4.78 is 0. The van der Waals surface area contributed by atoms with Crippen molar-refractivity contribution >= 4 is 5.78 Å². The molecule has 2 saturated carbocycles. The molecule has 0 aromatic carbocycles. The fourth-order valence-corrected chi connectivity index (χ4v) is 9.35. The Morgan fingerprint density at radius 2 is 1.62 bits per heavy atom. The van der Waals surface area contributed by atoms with Gasteiger partial charge in [0.25, 0.3) is 0 Å². The smallest absolute Gasteiger partial charge is 0.138 e. The Labute approximate surface area is 198 Å². The van der Waals surface area contributed by atoms with E-state index in [1.165, 1.54) is 56.9 Å². The normalized spacial score (nSPS) is 41.8. The first-order valence-electron chi connectivity index (χ1n) is 13.7. The molecule has 0 aromatic heterocycles. The van der Waals surface area contributed by atoms with E-state index in [1.54, 1.807) is 5.57 Å². The molecule has 6 atom stereocenters. The fourth-order valence-electron chi connectivity index (χ4n) is 9.35. The molecule has 1 nitrogen and oxygen atoms in total. The van der Waals surface area contributed by atoms with Crippen molar-refractivity contribution in [3.05, 3.63) is 23.3 Å². The van der Waals surface area contributed by atoms with Crippen LogP contribution in [0.15, 0.2) is 23.3 Å². The van der Waals surface area contributed by atoms with Crippen LogP contribution in [0.25, 0.3) is 0 Å². The fraction of sp³-hybridized carbons (Fsp3) is 0.839. The van der Waals surface area contributed by atoms with Crippen molar-refractivity contribution in [3.8, 4) is 0 Å². The van der Waals surface area contributed by atoms with E-state index in [0.29, 0.717) is 28.4 Å². The summed E-state index contributed by atoms with van der Waals surface area (Å²) in [5.74, 6) is 3.25. The van der Waals surface area contributed by atoms with Gasteiger partial charge in [0, 0.05) is 11.8 Å². The summed E-state index contributed by atoms with van der Waals surface area (Å²) in [6.07, 6.45) is 12.2. The number of Topliss-reactive ketones (excluding diaryl/α,β-unsaturated/α-hetero) is 1. The van der Waals surface area contributed by atoms with E-state index < -0.39 is 0 Å². The minimum atomic E-state index is -0.154. The summed E-state index contributed by atoms with van der Waals surface area (Å²) in [6, 6.07) is 0.